The molecule has 0 radical (unpaired) electrons. The van der Waals surface area contributed by atoms with Crippen LogP contribution in [0.3, 0.4) is 0 Å². The highest BCUT2D eigenvalue weighted by molar-refractivity contribution is 5.96. The Hall–Kier alpha value is -2.36. The molecule has 4 nitrogen and oxygen atoms in total. The van der Waals surface area contributed by atoms with Crippen molar-refractivity contribution >= 4 is 17.4 Å². The first kappa shape index (κ1) is 13.6. The fourth-order valence-corrected chi connectivity index (χ4v) is 2.96. The number of hydrogen-bond donors (Lipinski definition) is 2. The van der Waals surface area contributed by atoms with Crippen molar-refractivity contribution in [3.63, 3.8) is 0 Å². The molecule has 1 aliphatic carbocycles. The Morgan fingerprint density at radius 2 is 2.19 bits per heavy atom. The van der Waals surface area contributed by atoms with E-state index in [-0.39, 0.29) is 11.8 Å². The molecule has 0 saturated heterocycles. The summed E-state index contributed by atoms with van der Waals surface area (Å²) in [6.07, 6.45) is 4.55. The molecule has 108 valence electrons. The molecule has 1 aliphatic rings. The van der Waals surface area contributed by atoms with Crippen LogP contribution in [0.25, 0.3) is 0 Å². The minimum atomic E-state index is -0.0892. The zero-order valence-corrected chi connectivity index (χ0v) is 12.1. The highest BCUT2D eigenvalue weighted by Crippen LogP contribution is 2.32. The molecule has 1 aromatic carbocycles. The van der Waals surface area contributed by atoms with E-state index in [9.17, 15) is 4.79 Å². The van der Waals surface area contributed by atoms with Gasteiger partial charge in [0.25, 0.3) is 0 Å². The van der Waals surface area contributed by atoms with Gasteiger partial charge in [-0.2, -0.15) is 0 Å². The molecule has 1 atom stereocenters. The van der Waals surface area contributed by atoms with Crippen LogP contribution in [0.1, 0.15) is 35.4 Å². The van der Waals surface area contributed by atoms with Gasteiger partial charge in [0.15, 0.2) is 0 Å². The highest BCUT2D eigenvalue weighted by atomic mass is 16.1. The molecule has 2 aromatic rings. The number of benzene rings is 1. The van der Waals surface area contributed by atoms with Gasteiger partial charge >= 0.3 is 0 Å². The summed E-state index contributed by atoms with van der Waals surface area (Å²) in [5, 5.41) is 2.94. The molecule has 3 N–H and O–H groups in total. The summed E-state index contributed by atoms with van der Waals surface area (Å²) >= 11 is 0. The minimum Gasteiger partial charge on any atom is -0.397 e. The lowest BCUT2D eigenvalue weighted by Gasteiger charge is -2.24. The Kier molecular flexibility index (Phi) is 3.60. The molecule has 4 heteroatoms. The lowest BCUT2D eigenvalue weighted by atomic mass is 9.82. The summed E-state index contributed by atoms with van der Waals surface area (Å²) in [5.74, 6) is 0.522. The number of aryl methyl sites for hydroxylation is 2. The van der Waals surface area contributed by atoms with Crippen molar-refractivity contribution in [2.45, 2.75) is 32.1 Å². The lowest BCUT2D eigenvalue weighted by Crippen LogP contribution is -2.25. The Balaban J connectivity index is 1.83. The van der Waals surface area contributed by atoms with Gasteiger partial charge in [-0.15, -0.1) is 0 Å². The summed E-state index contributed by atoms with van der Waals surface area (Å²) in [4.78, 5) is 16.8. The largest absolute Gasteiger partial charge is 0.397 e. The van der Waals surface area contributed by atoms with E-state index in [4.69, 9.17) is 5.73 Å². The number of aromatic nitrogens is 1. The van der Waals surface area contributed by atoms with Gasteiger partial charge in [-0.1, -0.05) is 24.3 Å². The molecule has 1 amide bonds. The van der Waals surface area contributed by atoms with Crippen LogP contribution < -0.4 is 11.1 Å². The van der Waals surface area contributed by atoms with Gasteiger partial charge in [0.05, 0.1) is 17.8 Å². The number of carbonyl (C=O) groups is 1. The van der Waals surface area contributed by atoms with Crippen LogP contribution in [-0.4, -0.2) is 10.9 Å². The molecule has 0 fully saturated rings. The second-order valence-corrected chi connectivity index (χ2v) is 5.57. The predicted molar refractivity (Wildman–Crippen MR) is 84.1 cm³/mol. The number of hydrogen-bond acceptors (Lipinski definition) is 3. The third-order valence-corrected chi connectivity index (χ3v) is 4.03. The second kappa shape index (κ2) is 5.56. The zero-order valence-electron chi connectivity index (χ0n) is 12.1. The number of pyridine rings is 1. The maximum Gasteiger partial charge on any atom is 0.233 e. The van der Waals surface area contributed by atoms with Crippen LogP contribution in [0.4, 0.5) is 11.5 Å². The maximum absolute atomic E-state index is 12.6. The minimum absolute atomic E-state index is 0.0162. The normalized spacial score (nSPS) is 17.1. The average molecular weight is 281 g/mol. The van der Waals surface area contributed by atoms with Gasteiger partial charge in [0.2, 0.25) is 5.91 Å². The topological polar surface area (TPSA) is 68.0 Å². The van der Waals surface area contributed by atoms with Crippen LogP contribution in [0, 0.1) is 6.92 Å². The van der Waals surface area contributed by atoms with Crippen molar-refractivity contribution in [1.29, 1.82) is 0 Å². The molecular formula is C17H19N3O. The van der Waals surface area contributed by atoms with Crippen molar-refractivity contribution < 1.29 is 4.79 Å². The standard InChI is InChI=1S/C17H19N3O/c1-11-9-13(18)10-19-16(11)20-17(21)15-8-4-6-12-5-2-3-7-14(12)15/h2-3,5,7,9-10,15H,4,6,8,18H2,1H3,(H,19,20,21). The van der Waals surface area contributed by atoms with Gasteiger partial charge < -0.3 is 11.1 Å². The summed E-state index contributed by atoms with van der Waals surface area (Å²) in [5.41, 5.74) is 9.61. The summed E-state index contributed by atoms with van der Waals surface area (Å²) < 4.78 is 0. The quantitative estimate of drug-likeness (QED) is 0.889. The van der Waals surface area contributed by atoms with Crippen LogP contribution in [0.15, 0.2) is 36.5 Å². The Labute approximate surface area is 124 Å². The number of fused-ring (bicyclic) bond motifs is 1. The molecule has 0 aliphatic heterocycles. The number of nitrogen functional groups attached to an aromatic ring is 1. The molecule has 1 heterocycles. The average Bonchev–Trinajstić information content (AvgIpc) is 2.49. The lowest BCUT2D eigenvalue weighted by molar-refractivity contribution is -0.117. The fourth-order valence-electron chi connectivity index (χ4n) is 2.96. The molecule has 21 heavy (non-hydrogen) atoms. The van der Waals surface area contributed by atoms with Gasteiger partial charge in [-0.05, 0) is 48.9 Å². The Morgan fingerprint density at radius 1 is 1.38 bits per heavy atom. The first-order valence-electron chi connectivity index (χ1n) is 7.26. The van der Waals surface area contributed by atoms with E-state index in [0.717, 1.165) is 30.4 Å². The number of carbonyl (C=O) groups excluding carboxylic acids is 1. The van der Waals surface area contributed by atoms with E-state index in [1.807, 2.05) is 25.1 Å². The Bertz CT molecular complexity index is 681. The second-order valence-electron chi connectivity index (χ2n) is 5.57. The molecule has 0 bridgehead atoms. The summed E-state index contributed by atoms with van der Waals surface area (Å²) in [7, 11) is 0. The van der Waals surface area contributed by atoms with E-state index in [1.165, 1.54) is 5.56 Å². The number of nitrogens with one attached hydrogen (secondary N) is 1. The zero-order chi connectivity index (χ0) is 14.8. The SMILES string of the molecule is Cc1cc(N)cnc1NC(=O)C1CCCc2ccccc21. The van der Waals surface area contributed by atoms with E-state index in [0.29, 0.717) is 11.5 Å². The van der Waals surface area contributed by atoms with Gasteiger partial charge in [0, 0.05) is 0 Å². The Morgan fingerprint density at radius 3 is 3.00 bits per heavy atom. The maximum atomic E-state index is 12.6. The molecule has 0 saturated carbocycles. The van der Waals surface area contributed by atoms with Crippen LogP contribution in [-0.2, 0) is 11.2 Å². The fraction of sp³-hybridized carbons (Fsp3) is 0.294. The van der Waals surface area contributed by atoms with Crippen LogP contribution >= 0.6 is 0 Å². The van der Waals surface area contributed by atoms with E-state index in [1.54, 1.807) is 6.20 Å². The van der Waals surface area contributed by atoms with Crippen LogP contribution in [0.5, 0.6) is 0 Å². The van der Waals surface area contributed by atoms with Gasteiger partial charge in [-0.25, -0.2) is 4.98 Å². The smallest absolute Gasteiger partial charge is 0.233 e. The van der Waals surface area contributed by atoms with Crippen LogP contribution in [0.2, 0.25) is 0 Å². The van der Waals surface area contributed by atoms with E-state index < -0.39 is 0 Å². The highest BCUT2D eigenvalue weighted by Gasteiger charge is 2.26. The number of amides is 1. The third-order valence-electron chi connectivity index (χ3n) is 4.03. The number of nitrogens with two attached hydrogens (primary N) is 1. The molecule has 1 aromatic heterocycles. The van der Waals surface area contributed by atoms with Crippen molar-refractivity contribution in [1.82, 2.24) is 4.98 Å². The van der Waals surface area contributed by atoms with Crippen molar-refractivity contribution in [3.8, 4) is 0 Å². The number of rotatable bonds is 2. The summed E-state index contributed by atoms with van der Waals surface area (Å²) in [6, 6.07) is 10.0. The first-order valence-corrected chi connectivity index (χ1v) is 7.26. The summed E-state index contributed by atoms with van der Waals surface area (Å²) in [6.45, 7) is 1.90. The predicted octanol–water partition coefficient (Wildman–Crippen LogP) is 3.03. The van der Waals surface area contributed by atoms with E-state index >= 15 is 0 Å². The van der Waals surface area contributed by atoms with Crippen molar-refractivity contribution in [2.75, 3.05) is 11.1 Å². The monoisotopic (exact) mass is 281 g/mol. The van der Waals surface area contributed by atoms with Gasteiger partial charge in [-0.3, -0.25) is 4.79 Å². The molecular weight excluding hydrogens is 262 g/mol. The van der Waals surface area contributed by atoms with Crippen molar-refractivity contribution in [3.05, 3.63) is 53.2 Å². The van der Waals surface area contributed by atoms with Gasteiger partial charge in [0.1, 0.15) is 5.82 Å². The van der Waals surface area contributed by atoms with E-state index in [2.05, 4.69) is 22.4 Å². The number of anilines is 2. The molecule has 0 spiro atoms. The molecule has 1 unspecified atom stereocenters. The number of nitrogens with zero attached hydrogens (tertiary/aromatic N) is 1. The third kappa shape index (κ3) is 2.75. The first-order chi connectivity index (χ1) is 10.1. The van der Waals surface area contributed by atoms with Crippen molar-refractivity contribution in [2.24, 2.45) is 0 Å². The molecule has 3 rings (SSSR count).